The van der Waals surface area contributed by atoms with E-state index in [1.165, 1.54) is 18.2 Å². The molecule has 2 bridgehead atoms. The summed E-state index contributed by atoms with van der Waals surface area (Å²) in [7, 11) is 0. The van der Waals surface area contributed by atoms with Gasteiger partial charge in [0.2, 0.25) is 0 Å². The van der Waals surface area contributed by atoms with Crippen molar-refractivity contribution < 1.29 is 13.2 Å². The van der Waals surface area contributed by atoms with Gasteiger partial charge < -0.3 is 0 Å². The van der Waals surface area contributed by atoms with Gasteiger partial charge in [0.1, 0.15) is 0 Å². The fourth-order valence-electron chi connectivity index (χ4n) is 4.72. The molecule has 128 valence electrons. The van der Waals surface area contributed by atoms with Crippen LogP contribution in [0.25, 0.3) is 5.69 Å². The minimum Gasteiger partial charge on any atom is -0.294 e. The Morgan fingerprint density at radius 1 is 1.21 bits per heavy atom. The third kappa shape index (κ3) is 1.66. The number of benzene rings is 1. The number of para-hydroxylation sites is 1. The molecule has 1 N–H and O–H groups in total. The van der Waals surface area contributed by atoms with Crippen LogP contribution in [-0.2, 0) is 11.6 Å². The SMILES string of the molecule is CC12CCC(c3c1[nH]n(-c1ccccc1C(F)(F)F)c3=O)C2(C)C. The number of nitrogens with one attached hydrogen (secondary N) is 1. The molecular formula is C18H19F3N2O. The average molecular weight is 336 g/mol. The maximum Gasteiger partial charge on any atom is 0.418 e. The molecule has 6 heteroatoms. The minimum atomic E-state index is -4.51. The summed E-state index contributed by atoms with van der Waals surface area (Å²) in [5.41, 5.74) is -0.0609. The monoisotopic (exact) mass is 336 g/mol. The number of halogens is 3. The van der Waals surface area contributed by atoms with Crippen LogP contribution in [0.2, 0.25) is 0 Å². The summed E-state index contributed by atoms with van der Waals surface area (Å²) in [6.07, 6.45) is -2.66. The average Bonchev–Trinajstić information content (AvgIpc) is 3.01. The zero-order chi connectivity index (χ0) is 17.5. The molecular weight excluding hydrogens is 317 g/mol. The van der Waals surface area contributed by atoms with Crippen molar-refractivity contribution in [2.75, 3.05) is 0 Å². The lowest BCUT2D eigenvalue weighted by atomic mass is 9.70. The molecule has 1 aromatic carbocycles. The minimum absolute atomic E-state index is 0.0596. The van der Waals surface area contributed by atoms with E-state index < -0.39 is 11.7 Å². The summed E-state index contributed by atoms with van der Waals surface area (Å²) in [5, 5.41) is 3.02. The van der Waals surface area contributed by atoms with Gasteiger partial charge in [0, 0.05) is 16.7 Å². The number of H-pyrrole nitrogens is 1. The van der Waals surface area contributed by atoms with Gasteiger partial charge in [-0.2, -0.15) is 13.2 Å². The molecule has 2 aromatic rings. The first kappa shape index (κ1) is 15.5. The first-order valence-corrected chi connectivity index (χ1v) is 8.11. The Hall–Kier alpha value is -1.98. The number of aromatic nitrogens is 2. The maximum absolute atomic E-state index is 13.3. The van der Waals surface area contributed by atoms with E-state index in [1.54, 1.807) is 0 Å². The van der Waals surface area contributed by atoms with E-state index >= 15 is 0 Å². The third-order valence-electron chi connectivity index (χ3n) is 6.50. The van der Waals surface area contributed by atoms with E-state index in [0.29, 0.717) is 5.56 Å². The lowest BCUT2D eigenvalue weighted by Crippen LogP contribution is -2.33. The van der Waals surface area contributed by atoms with Crippen molar-refractivity contribution in [2.24, 2.45) is 5.41 Å². The fourth-order valence-corrected chi connectivity index (χ4v) is 4.72. The number of hydrogen-bond donors (Lipinski definition) is 1. The summed E-state index contributed by atoms with van der Waals surface area (Å²) in [6, 6.07) is 5.20. The van der Waals surface area contributed by atoms with Gasteiger partial charge in [-0.3, -0.25) is 9.89 Å². The Morgan fingerprint density at radius 2 is 1.88 bits per heavy atom. The van der Waals surface area contributed by atoms with Crippen LogP contribution in [0.15, 0.2) is 29.1 Å². The highest BCUT2D eigenvalue weighted by atomic mass is 19.4. The van der Waals surface area contributed by atoms with Gasteiger partial charge >= 0.3 is 6.18 Å². The quantitative estimate of drug-likeness (QED) is 0.825. The smallest absolute Gasteiger partial charge is 0.294 e. The lowest BCUT2D eigenvalue weighted by molar-refractivity contribution is -0.137. The maximum atomic E-state index is 13.3. The molecule has 2 aliphatic rings. The molecule has 2 aliphatic carbocycles. The molecule has 4 rings (SSSR count). The Labute approximate surface area is 137 Å². The summed E-state index contributed by atoms with van der Waals surface area (Å²) >= 11 is 0. The van der Waals surface area contributed by atoms with Crippen molar-refractivity contribution in [1.29, 1.82) is 0 Å². The molecule has 3 nitrogen and oxygen atoms in total. The molecule has 2 unspecified atom stereocenters. The van der Waals surface area contributed by atoms with Crippen LogP contribution >= 0.6 is 0 Å². The molecule has 0 radical (unpaired) electrons. The van der Waals surface area contributed by atoms with Crippen LogP contribution in [0.1, 0.15) is 56.4 Å². The van der Waals surface area contributed by atoms with Gasteiger partial charge in [0.15, 0.2) is 0 Å². The number of nitrogens with zero attached hydrogens (tertiary/aromatic N) is 1. The van der Waals surface area contributed by atoms with Crippen molar-refractivity contribution >= 4 is 0 Å². The Kier molecular flexibility index (Phi) is 2.82. The second kappa shape index (κ2) is 4.35. The summed E-state index contributed by atoms with van der Waals surface area (Å²) in [6.45, 7) is 6.40. The van der Waals surface area contributed by atoms with Crippen molar-refractivity contribution in [3.63, 3.8) is 0 Å². The summed E-state index contributed by atoms with van der Waals surface area (Å²) < 4.78 is 41.0. The number of aromatic amines is 1. The summed E-state index contributed by atoms with van der Waals surface area (Å²) in [4.78, 5) is 12.9. The highest BCUT2D eigenvalue weighted by Gasteiger charge is 2.62. The Morgan fingerprint density at radius 3 is 2.50 bits per heavy atom. The third-order valence-corrected chi connectivity index (χ3v) is 6.50. The molecule has 0 spiro atoms. The van der Waals surface area contributed by atoms with E-state index in [1.807, 2.05) is 0 Å². The number of rotatable bonds is 1. The topological polar surface area (TPSA) is 37.8 Å². The number of hydrogen-bond acceptors (Lipinski definition) is 1. The van der Waals surface area contributed by atoms with Crippen molar-refractivity contribution in [3.05, 3.63) is 51.4 Å². The van der Waals surface area contributed by atoms with Gasteiger partial charge in [-0.25, -0.2) is 4.68 Å². The molecule has 0 saturated heterocycles. The van der Waals surface area contributed by atoms with Gasteiger partial charge in [0.05, 0.1) is 11.3 Å². The molecule has 1 saturated carbocycles. The molecule has 24 heavy (non-hydrogen) atoms. The second-order valence-electron chi connectivity index (χ2n) is 7.70. The first-order chi connectivity index (χ1) is 11.1. The van der Waals surface area contributed by atoms with Gasteiger partial charge in [-0.1, -0.05) is 32.9 Å². The predicted octanol–water partition coefficient (Wildman–Crippen LogP) is 4.36. The standard InChI is InChI=1S/C18H19F3N2O/c1-16(2)11-8-9-17(16,3)14-13(11)15(24)23(22-14)12-7-5-4-6-10(12)18(19,20)21/h4-7,11,22H,8-9H2,1-3H3. The van der Waals surface area contributed by atoms with Gasteiger partial charge in [-0.15, -0.1) is 0 Å². The number of alkyl halides is 3. The van der Waals surface area contributed by atoms with Crippen LogP contribution in [0.3, 0.4) is 0 Å². The van der Waals surface area contributed by atoms with Crippen LogP contribution in [0, 0.1) is 5.41 Å². The Balaban J connectivity index is 1.96. The molecule has 1 fully saturated rings. The van der Waals surface area contributed by atoms with Crippen LogP contribution < -0.4 is 5.56 Å². The van der Waals surface area contributed by atoms with Crippen LogP contribution in [0.5, 0.6) is 0 Å². The van der Waals surface area contributed by atoms with Crippen LogP contribution in [0.4, 0.5) is 13.2 Å². The van der Waals surface area contributed by atoms with Gasteiger partial charge in [-0.05, 0) is 36.3 Å². The highest BCUT2D eigenvalue weighted by molar-refractivity contribution is 5.48. The highest BCUT2D eigenvalue weighted by Crippen LogP contribution is 2.66. The molecule has 1 aromatic heterocycles. The molecule has 0 aliphatic heterocycles. The molecule has 0 amide bonds. The van der Waals surface area contributed by atoms with Crippen molar-refractivity contribution in [2.45, 2.75) is 51.1 Å². The predicted molar refractivity (Wildman–Crippen MR) is 84.5 cm³/mol. The lowest BCUT2D eigenvalue weighted by Gasteiger charge is -2.34. The zero-order valence-corrected chi connectivity index (χ0v) is 13.8. The van der Waals surface area contributed by atoms with E-state index in [0.717, 1.165) is 29.3 Å². The Bertz CT molecular complexity index is 890. The van der Waals surface area contributed by atoms with Gasteiger partial charge in [0.25, 0.3) is 5.56 Å². The van der Waals surface area contributed by atoms with Crippen molar-refractivity contribution in [3.8, 4) is 5.69 Å². The first-order valence-electron chi connectivity index (χ1n) is 8.11. The summed E-state index contributed by atoms with van der Waals surface area (Å²) in [5.74, 6) is 0.0977. The van der Waals surface area contributed by atoms with Crippen LogP contribution in [-0.4, -0.2) is 9.78 Å². The van der Waals surface area contributed by atoms with E-state index in [2.05, 4.69) is 25.9 Å². The molecule has 2 atom stereocenters. The number of fused-ring (bicyclic) bond motifs is 5. The molecule has 1 heterocycles. The normalized spacial score (nSPS) is 27.5. The van der Waals surface area contributed by atoms with Crippen molar-refractivity contribution in [1.82, 2.24) is 9.78 Å². The van der Waals surface area contributed by atoms with E-state index in [4.69, 9.17) is 0 Å². The van der Waals surface area contributed by atoms with E-state index in [-0.39, 0.29) is 28.0 Å². The fraction of sp³-hybridized carbons (Fsp3) is 0.500. The second-order valence-corrected chi connectivity index (χ2v) is 7.70. The zero-order valence-electron chi connectivity index (χ0n) is 13.8. The van der Waals surface area contributed by atoms with E-state index in [9.17, 15) is 18.0 Å². The largest absolute Gasteiger partial charge is 0.418 e.